The first-order valence-corrected chi connectivity index (χ1v) is 4.85. The van der Waals surface area contributed by atoms with Crippen LogP contribution < -0.4 is 5.73 Å². The average Bonchev–Trinajstić information content (AvgIpc) is 2.84. The molecule has 6 heteroatoms. The van der Waals surface area contributed by atoms with Crippen molar-refractivity contribution in [1.29, 1.82) is 0 Å². The minimum Gasteiger partial charge on any atom is -0.366 e. The molecule has 3 N–H and O–H groups in total. The van der Waals surface area contributed by atoms with Crippen LogP contribution in [0.2, 0.25) is 0 Å². The fraction of sp³-hybridized carbons (Fsp3) is 0.100. The molecule has 80 valence electrons. The van der Waals surface area contributed by atoms with Gasteiger partial charge in [-0.1, -0.05) is 18.2 Å². The molecule has 0 radical (unpaired) electrons. The van der Waals surface area contributed by atoms with Crippen LogP contribution in [0.5, 0.6) is 0 Å². The summed E-state index contributed by atoms with van der Waals surface area (Å²) in [6.45, 7) is 0. The number of H-pyrrole nitrogens is 1. The number of nitrogens with two attached hydrogens (primary N) is 1. The van der Waals surface area contributed by atoms with Crippen LogP contribution in [0.4, 0.5) is 5.95 Å². The number of hydrogen-bond acceptors (Lipinski definition) is 4. The van der Waals surface area contributed by atoms with Gasteiger partial charge >= 0.3 is 0 Å². The number of fused-ring (bicyclic) bond motifs is 1. The fourth-order valence-corrected chi connectivity index (χ4v) is 1.77. The molecule has 0 saturated heterocycles. The van der Waals surface area contributed by atoms with E-state index < -0.39 is 0 Å². The normalized spacial score (nSPS) is 11.1. The molecule has 0 bridgehead atoms. The van der Waals surface area contributed by atoms with Crippen molar-refractivity contribution in [1.82, 2.24) is 25.0 Å². The number of para-hydroxylation sites is 1. The zero-order valence-electron chi connectivity index (χ0n) is 8.68. The lowest BCUT2D eigenvalue weighted by Crippen LogP contribution is -1.90. The summed E-state index contributed by atoms with van der Waals surface area (Å²) < 4.78 is 1.81. The summed E-state index contributed by atoms with van der Waals surface area (Å²) in [7, 11) is 1.89. The molecule has 0 fully saturated rings. The minimum absolute atomic E-state index is 0.227. The number of rotatable bonds is 1. The third-order valence-electron chi connectivity index (χ3n) is 2.48. The van der Waals surface area contributed by atoms with Gasteiger partial charge in [0.2, 0.25) is 5.95 Å². The van der Waals surface area contributed by atoms with Crippen molar-refractivity contribution >= 4 is 16.9 Å². The quantitative estimate of drug-likeness (QED) is 0.631. The molecule has 0 aliphatic carbocycles. The van der Waals surface area contributed by atoms with E-state index in [1.165, 1.54) is 0 Å². The number of nitrogens with zero attached hydrogens (tertiary/aromatic N) is 4. The standard InChI is InChI=1S/C10H10N6/c1-16-7-5-3-2-4-6(7)8(15-16)9-12-10(11)14-13-9/h2-5H,1H3,(H3,11,12,13,14). The van der Waals surface area contributed by atoms with Crippen LogP contribution in [0.3, 0.4) is 0 Å². The van der Waals surface area contributed by atoms with Crippen molar-refractivity contribution in [2.75, 3.05) is 5.73 Å². The first-order chi connectivity index (χ1) is 7.75. The highest BCUT2D eigenvalue weighted by atomic mass is 15.3. The number of anilines is 1. The van der Waals surface area contributed by atoms with Crippen molar-refractivity contribution < 1.29 is 0 Å². The number of aromatic amines is 1. The Morgan fingerprint density at radius 1 is 1.31 bits per heavy atom. The number of aryl methyl sites for hydroxylation is 1. The van der Waals surface area contributed by atoms with Crippen molar-refractivity contribution in [2.24, 2.45) is 7.05 Å². The van der Waals surface area contributed by atoms with E-state index in [1.54, 1.807) is 0 Å². The molecule has 3 rings (SSSR count). The first-order valence-electron chi connectivity index (χ1n) is 4.85. The van der Waals surface area contributed by atoms with Crippen molar-refractivity contribution in [3.63, 3.8) is 0 Å². The maximum absolute atomic E-state index is 5.48. The molecule has 16 heavy (non-hydrogen) atoms. The van der Waals surface area contributed by atoms with Gasteiger partial charge in [0.05, 0.1) is 5.52 Å². The number of hydrogen-bond donors (Lipinski definition) is 2. The van der Waals surface area contributed by atoms with Crippen LogP contribution in [0.25, 0.3) is 22.4 Å². The van der Waals surface area contributed by atoms with Crippen LogP contribution >= 0.6 is 0 Å². The van der Waals surface area contributed by atoms with Gasteiger partial charge in [-0.2, -0.15) is 10.1 Å². The lowest BCUT2D eigenvalue weighted by atomic mass is 10.2. The van der Waals surface area contributed by atoms with Gasteiger partial charge < -0.3 is 5.73 Å². The molecule has 0 unspecified atom stereocenters. The maximum atomic E-state index is 5.48. The van der Waals surface area contributed by atoms with E-state index in [4.69, 9.17) is 5.73 Å². The zero-order valence-corrected chi connectivity index (χ0v) is 8.68. The Balaban J connectivity index is 2.32. The molecule has 0 aliphatic heterocycles. The van der Waals surface area contributed by atoms with Crippen molar-refractivity contribution in [3.05, 3.63) is 24.3 Å². The second-order valence-corrected chi connectivity index (χ2v) is 3.53. The van der Waals surface area contributed by atoms with E-state index in [0.717, 1.165) is 16.6 Å². The van der Waals surface area contributed by atoms with Crippen LogP contribution in [0, 0.1) is 0 Å². The van der Waals surface area contributed by atoms with Gasteiger partial charge in [0.15, 0.2) is 5.82 Å². The smallest absolute Gasteiger partial charge is 0.239 e. The van der Waals surface area contributed by atoms with Crippen molar-refractivity contribution in [3.8, 4) is 11.5 Å². The van der Waals surface area contributed by atoms with Crippen LogP contribution in [-0.2, 0) is 7.05 Å². The number of nitrogen functional groups attached to an aromatic ring is 1. The van der Waals surface area contributed by atoms with Crippen molar-refractivity contribution in [2.45, 2.75) is 0 Å². The summed E-state index contributed by atoms with van der Waals surface area (Å²) in [6.07, 6.45) is 0. The highest BCUT2D eigenvalue weighted by Crippen LogP contribution is 2.24. The van der Waals surface area contributed by atoms with Gasteiger partial charge in [-0.3, -0.25) is 9.78 Å². The summed E-state index contributed by atoms with van der Waals surface area (Å²) >= 11 is 0. The van der Waals surface area contributed by atoms with Crippen LogP contribution in [0.1, 0.15) is 0 Å². The summed E-state index contributed by atoms with van der Waals surface area (Å²) in [5, 5.41) is 12.0. The Hall–Kier alpha value is -2.37. The highest BCUT2D eigenvalue weighted by molar-refractivity contribution is 5.91. The number of benzene rings is 1. The van der Waals surface area contributed by atoms with Gasteiger partial charge in [0.25, 0.3) is 0 Å². The van der Waals surface area contributed by atoms with E-state index >= 15 is 0 Å². The fourth-order valence-electron chi connectivity index (χ4n) is 1.77. The molecule has 0 saturated carbocycles. The minimum atomic E-state index is 0.227. The lowest BCUT2D eigenvalue weighted by Gasteiger charge is -1.90. The molecule has 2 aromatic heterocycles. The van der Waals surface area contributed by atoms with E-state index in [9.17, 15) is 0 Å². The predicted octanol–water partition coefficient (Wildman–Crippen LogP) is 0.941. The highest BCUT2D eigenvalue weighted by Gasteiger charge is 2.12. The largest absolute Gasteiger partial charge is 0.366 e. The number of nitrogens with one attached hydrogen (secondary N) is 1. The SMILES string of the molecule is Cn1nc(-c2nc(N)n[nH]2)c2ccccc21. The summed E-state index contributed by atoms with van der Waals surface area (Å²) in [6, 6.07) is 7.94. The number of aromatic nitrogens is 5. The van der Waals surface area contributed by atoms with Crippen LogP contribution in [-0.4, -0.2) is 25.0 Å². The van der Waals surface area contributed by atoms with E-state index in [1.807, 2.05) is 36.0 Å². The Labute approximate surface area is 91.1 Å². The second kappa shape index (κ2) is 3.06. The Kier molecular flexibility index (Phi) is 1.70. The van der Waals surface area contributed by atoms with Gasteiger partial charge in [-0.05, 0) is 6.07 Å². The molecule has 0 aliphatic rings. The van der Waals surface area contributed by atoms with Gasteiger partial charge in [-0.25, -0.2) is 0 Å². The second-order valence-electron chi connectivity index (χ2n) is 3.53. The Bertz CT molecular complexity index is 650. The summed E-state index contributed by atoms with van der Waals surface area (Å²) in [4.78, 5) is 4.08. The molecule has 0 amide bonds. The topological polar surface area (TPSA) is 85.4 Å². The maximum Gasteiger partial charge on any atom is 0.239 e. The average molecular weight is 214 g/mol. The third kappa shape index (κ3) is 1.16. The van der Waals surface area contributed by atoms with E-state index in [0.29, 0.717) is 5.82 Å². The monoisotopic (exact) mass is 214 g/mol. The molecule has 0 atom stereocenters. The Morgan fingerprint density at radius 2 is 2.12 bits per heavy atom. The molecular formula is C10H10N6. The molecular weight excluding hydrogens is 204 g/mol. The van der Waals surface area contributed by atoms with E-state index in [2.05, 4.69) is 20.3 Å². The summed E-state index contributed by atoms with van der Waals surface area (Å²) in [5.41, 5.74) is 7.29. The summed E-state index contributed by atoms with van der Waals surface area (Å²) in [5.74, 6) is 0.819. The third-order valence-corrected chi connectivity index (χ3v) is 2.48. The zero-order chi connectivity index (χ0) is 11.1. The molecule has 3 aromatic rings. The van der Waals surface area contributed by atoms with Gasteiger partial charge in [0.1, 0.15) is 5.69 Å². The lowest BCUT2D eigenvalue weighted by molar-refractivity contribution is 0.798. The van der Waals surface area contributed by atoms with E-state index in [-0.39, 0.29) is 5.95 Å². The molecule has 6 nitrogen and oxygen atoms in total. The molecule has 1 aromatic carbocycles. The van der Waals surface area contributed by atoms with Gasteiger partial charge in [-0.15, -0.1) is 5.10 Å². The van der Waals surface area contributed by atoms with Crippen LogP contribution in [0.15, 0.2) is 24.3 Å². The molecule has 0 spiro atoms. The Morgan fingerprint density at radius 3 is 2.88 bits per heavy atom. The van der Waals surface area contributed by atoms with Gasteiger partial charge in [0, 0.05) is 12.4 Å². The predicted molar refractivity (Wildman–Crippen MR) is 60.5 cm³/mol. The first kappa shape index (κ1) is 8.90. The molecule has 2 heterocycles.